The number of anilines is 2. The summed E-state index contributed by atoms with van der Waals surface area (Å²) in [6, 6.07) is 3.55. The van der Waals surface area contributed by atoms with Crippen LogP contribution in [0.25, 0.3) is 0 Å². The lowest BCUT2D eigenvalue weighted by Crippen LogP contribution is -2.10. The van der Waals surface area contributed by atoms with Crippen molar-refractivity contribution in [1.82, 2.24) is 10.1 Å². The minimum absolute atomic E-state index is 0.355. The quantitative estimate of drug-likeness (QED) is 0.638. The number of aromatic nitrogens is 2. The first-order chi connectivity index (χ1) is 10.0. The van der Waals surface area contributed by atoms with E-state index in [1.165, 1.54) is 7.11 Å². The Morgan fingerprint density at radius 2 is 2.19 bits per heavy atom. The van der Waals surface area contributed by atoms with Crippen LogP contribution in [0.15, 0.2) is 16.7 Å². The van der Waals surface area contributed by atoms with Gasteiger partial charge in [0.15, 0.2) is 5.82 Å². The number of benzene rings is 1. The number of rotatable bonds is 5. The molecule has 0 atom stereocenters. The fraction of sp³-hybridized carbons (Fsp3) is 0.357. The van der Waals surface area contributed by atoms with E-state index in [2.05, 4.69) is 15.5 Å². The Bertz CT molecular complexity index is 652. The van der Waals surface area contributed by atoms with E-state index in [1.54, 1.807) is 13.0 Å². The van der Waals surface area contributed by atoms with Crippen molar-refractivity contribution in [2.45, 2.75) is 20.3 Å². The van der Waals surface area contributed by atoms with Crippen molar-refractivity contribution in [3.05, 3.63) is 35.0 Å². The maximum atomic E-state index is 11.7. The number of nitrogens with zero attached hydrogens (tertiary/aromatic N) is 2. The number of carbonyl (C=O) groups excluding carboxylic acids is 1. The van der Waals surface area contributed by atoms with Gasteiger partial charge in [-0.3, -0.25) is 0 Å². The molecule has 2 rings (SSSR count). The highest BCUT2D eigenvalue weighted by Crippen LogP contribution is 2.23. The molecule has 1 heterocycles. The van der Waals surface area contributed by atoms with Gasteiger partial charge in [0.2, 0.25) is 5.89 Å². The van der Waals surface area contributed by atoms with Gasteiger partial charge in [0, 0.05) is 24.3 Å². The summed E-state index contributed by atoms with van der Waals surface area (Å²) in [6.45, 7) is 4.21. The van der Waals surface area contributed by atoms with Gasteiger partial charge >= 0.3 is 5.97 Å². The molecule has 0 aliphatic carbocycles. The molecule has 0 aliphatic heterocycles. The molecule has 7 nitrogen and oxygen atoms in total. The maximum Gasteiger partial charge on any atom is 0.340 e. The van der Waals surface area contributed by atoms with E-state index in [9.17, 15) is 4.79 Å². The summed E-state index contributed by atoms with van der Waals surface area (Å²) in [5.74, 6) is 0.730. The molecule has 0 unspecified atom stereocenters. The van der Waals surface area contributed by atoms with Crippen molar-refractivity contribution < 1.29 is 14.1 Å². The van der Waals surface area contributed by atoms with Gasteiger partial charge in [-0.1, -0.05) is 5.16 Å². The molecule has 2 aromatic rings. The van der Waals surface area contributed by atoms with Crippen LogP contribution in [0.1, 0.15) is 27.6 Å². The molecular formula is C14H18N4O3. The molecular weight excluding hydrogens is 272 g/mol. The number of ether oxygens (including phenoxy) is 1. The van der Waals surface area contributed by atoms with E-state index in [0.29, 0.717) is 35.9 Å². The van der Waals surface area contributed by atoms with Crippen LogP contribution >= 0.6 is 0 Å². The van der Waals surface area contributed by atoms with Gasteiger partial charge in [-0.2, -0.15) is 4.98 Å². The molecule has 0 saturated heterocycles. The molecule has 0 aliphatic rings. The largest absolute Gasteiger partial charge is 0.465 e. The highest BCUT2D eigenvalue weighted by molar-refractivity contribution is 5.97. The van der Waals surface area contributed by atoms with E-state index < -0.39 is 5.97 Å². The third kappa shape index (κ3) is 3.50. The Morgan fingerprint density at radius 1 is 1.43 bits per heavy atom. The number of methoxy groups -OCH3 is 1. The summed E-state index contributed by atoms with van der Waals surface area (Å²) in [5.41, 5.74) is 8.28. The molecule has 1 aromatic carbocycles. The molecule has 0 amide bonds. The molecule has 0 fully saturated rings. The Hall–Kier alpha value is -2.57. The van der Waals surface area contributed by atoms with Crippen LogP contribution in [0.3, 0.4) is 0 Å². The molecule has 0 radical (unpaired) electrons. The number of esters is 1. The lowest BCUT2D eigenvalue weighted by Gasteiger charge is -2.11. The third-order valence-electron chi connectivity index (χ3n) is 3.03. The van der Waals surface area contributed by atoms with Crippen LogP contribution in [-0.4, -0.2) is 29.8 Å². The van der Waals surface area contributed by atoms with Gasteiger partial charge in [0.05, 0.1) is 12.7 Å². The normalized spacial score (nSPS) is 10.4. The second-order valence-electron chi connectivity index (χ2n) is 4.66. The van der Waals surface area contributed by atoms with Gasteiger partial charge in [-0.15, -0.1) is 0 Å². The fourth-order valence-electron chi connectivity index (χ4n) is 1.93. The van der Waals surface area contributed by atoms with E-state index in [4.69, 9.17) is 15.0 Å². The summed E-state index contributed by atoms with van der Waals surface area (Å²) < 4.78 is 9.75. The average Bonchev–Trinajstić information content (AvgIpc) is 2.87. The predicted molar refractivity (Wildman–Crippen MR) is 78.2 cm³/mol. The van der Waals surface area contributed by atoms with Gasteiger partial charge in [0.25, 0.3) is 0 Å². The van der Waals surface area contributed by atoms with E-state index in [1.807, 2.05) is 13.0 Å². The van der Waals surface area contributed by atoms with Crippen molar-refractivity contribution in [3.63, 3.8) is 0 Å². The number of nitrogen functional groups attached to an aromatic ring is 1. The molecule has 3 N–H and O–H groups in total. The van der Waals surface area contributed by atoms with Crippen molar-refractivity contribution in [1.29, 1.82) is 0 Å². The monoisotopic (exact) mass is 290 g/mol. The first-order valence-corrected chi connectivity index (χ1v) is 6.52. The zero-order valence-electron chi connectivity index (χ0n) is 12.3. The van der Waals surface area contributed by atoms with Gasteiger partial charge in [-0.05, 0) is 31.5 Å². The average molecular weight is 290 g/mol. The maximum absolute atomic E-state index is 11.7. The van der Waals surface area contributed by atoms with Gasteiger partial charge < -0.3 is 20.3 Å². The first-order valence-electron chi connectivity index (χ1n) is 6.52. The minimum atomic E-state index is -0.452. The topological polar surface area (TPSA) is 103 Å². The molecule has 0 spiro atoms. The van der Waals surface area contributed by atoms with Crippen molar-refractivity contribution in [2.24, 2.45) is 0 Å². The number of aryl methyl sites for hydroxylation is 2. The second-order valence-corrected chi connectivity index (χ2v) is 4.66. The van der Waals surface area contributed by atoms with E-state index in [-0.39, 0.29) is 0 Å². The lowest BCUT2D eigenvalue weighted by atomic mass is 10.1. The number of nitrogens with two attached hydrogens (primary N) is 1. The summed E-state index contributed by atoms with van der Waals surface area (Å²) in [5, 5.41) is 6.92. The molecule has 0 bridgehead atoms. The van der Waals surface area contributed by atoms with Crippen molar-refractivity contribution in [2.75, 3.05) is 24.7 Å². The number of hydrogen-bond acceptors (Lipinski definition) is 7. The van der Waals surface area contributed by atoms with Crippen molar-refractivity contribution in [3.8, 4) is 0 Å². The molecule has 21 heavy (non-hydrogen) atoms. The predicted octanol–water partition coefficient (Wildman–Crippen LogP) is 1.71. The Labute approximate surface area is 122 Å². The van der Waals surface area contributed by atoms with Crippen LogP contribution in [-0.2, 0) is 11.2 Å². The van der Waals surface area contributed by atoms with E-state index >= 15 is 0 Å². The highest BCUT2D eigenvalue weighted by Gasteiger charge is 2.13. The van der Waals surface area contributed by atoms with Gasteiger partial charge in [-0.25, -0.2) is 4.79 Å². The SMILES string of the molecule is COC(=O)c1cc(NCCc2nc(C)no2)cc(C)c1N. The lowest BCUT2D eigenvalue weighted by molar-refractivity contribution is 0.0602. The molecule has 7 heteroatoms. The summed E-state index contributed by atoms with van der Waals surface area (Å²) in [7, 11) is 1.33. The molecule has 0 saturated carbocycles. The first kappa shape index (κ1) is 14.8. The van der Waals surface area contributed by atoms with E-state index in [0.717, 1.165) is 11.3 Å². The second kappa shape index (κ2) is 6.25. The molecule has 1 aromatic heterocycles. The van der Waals surface area contributed by atoms with Crippen molar-refractivity contribution >= 4 is 17.3 Å². The highest BCUT2D eigenvalue weighted by atomic mass is 16.5. The summed E-state index contributed by atoms with van der Waals surface area (Å²) in [6.07, 6.45) is 0.595. The minimum Gasteiger partial charge on any atom is -0.465 e. The number of carbonyl (C=O) groups is 1. The van der Waals surface area contributed by atoms with Crippen LogP contribution in [0, 0.1) is 13.8 Å². The third-order valence-corrected chi connectivity index (χ3v) is 3.03. The number of nitrogens with one attached hydrogen (secondary N) is 1. The Balaban J connectivity index is 2.06. The fourth-order valence-corrected chi connectivity index (χ4v) is 1.93. The summed E-state index contributed by atoms with van der Waals surface area (Å²) >= 11 is 0. The Kier molecular flexibility index (Phi) is 4.42. The van der Waals surface area contributed by atoms with Crippen LogP contribution < -0.4 is 11.1 Å². The summed E-state index contributed by atoms with van der Waals surface area (Å²) in [4.78, 5) is 15.8. The Morgan fingerprint density at radius 3 is 2.81 bits per heavy atom. The number of hydrogen-bond donors (Lipinski definition) is 2. The standard InChI is InChI=1S/C14H18N4O3/c1-8-6-10(7-11(13(8)15)14(19)20-3)16-5-4-12-17-9(2)18-21-12/h6-7,16H,4-5,15H2,1-3H3. The molecule has 112 valence electrons. The van der Waals surface area contributed by atoms with Crippen LogP contribution in [0.4, 0.5) is 11.4 Å². The van der Waals surface area contributed by atoms with Gasteiger partial charge in [0.1, 0.15) is 0 Å². The smallest absolute Gasteiger partial charge is 0.340 e. The van der Waals surface area contributed by atoms with Crippen LogP contribution in [0.2, 0.25) is 0 Å². The zero-order valence-corrected chi connectivity index (χ0v) is 12.3. The zero-order chi connectivity index (χ0) is 15.4. The van der Waals surface area contributed by atoms with Crippen LogP contribution in [0.5, 0.6) is 0 Å².